The molecule has 134 valence electrons. The third-order valence-corrected chi connectivity index (χ3v) is 3.59. The van der Waals surface area contributed by atoms with Crippen LogP contribution in [0.5, 0.6) is 0 Å². The van der Waals surface area contributed by atoms with E-state index >= 15 is 0 Å². The summed E-state index contributed by atoms with van der Waals surface area (Å²) in [7, 11) is 1.59. The molecular formula is C17H28N4O3. The first-order valence-corrected chi connectivity index (χ1v) is 8.50. The number of rotatable bonds is 12. The van der Waals surface area contributed by atoms with Crippen molar-refractivity contribution in [1.29, 1.82) is 0 Å². The van der Waals surface area contributed by atoms with Crippen LogP contribution in [0.2, 0.25) is 0 Å². The summed E-state index contributed by atoms with van der Waals surface area (Å²) in [6.07, 6.45) is 9.03. The van der Waals surface area contributed by atoms with Gasteiger partial charge in [-0.2, -0.15) is 0 Å². The Morgan fingerprint density at radius 1 is 1.21 bits per heavy atom. The van der Waals surface area contributed by atoms with Gasteiger partial charge in [0.15, 0.2) is 0 Å². The topological polar surface area (TPSA) is 84.4 Å². The smallest absolute Gasteiger partial charge is 0.274 e. The fourth-order valence-corrected chi connectivity index (χ4v) is 2.23. The predicted octanol–water partition coefficient (Wildman–Crippen LogP) is 1.65. The van der Waals surface area contributed by atoms with Crippen LogP contribution in [0.4, 0.5) is 0 Å². The second-order valence-electron chi connectivity index (χ2n) is 5.54. The average Bonchev–Trinajstić information content (AvgIpc) is 2.61. The summed E-state index contributed by atoms with van der Waals surface area (Å²) < 4.78 is 4.90. The largest absolute Gasteiger partial charge is 0.383 e. The number of carbonyl (C=O) groups excluding carboxylic acids is 2. The van der Waals surface area contributed by atoms with Crippen molar-refractivity contribution in [3.63, 3.8) is 0 Å². The molecule has 1 N–H and O–H groups in total. The van der Waals surface area contributed by atoms with Gasteiger partial charge < -0.3 is 15.0 Å². The molecule has 1 heterocycles. The third kappa shape index (κ3) is 8.01. The minimum Gasteiger partial charge on any atom is -0.383 e. The van der Waals surface area contributed by atoms with E-state index in [2.05, 4.69) is 22.2 Å². The summed E-state index contributed by atoms with van der Waals surface area (Å²) in [6.45, 7) is 4.10. The zero-order valence-electron chi connectivity index (χ0n) is 14.7. The first kappa shape index (κ1) is 20.0. The Morgan fingerprint density at radius 3 is 2.71 bits per heavy atom. The molecule has 0 atom stereocenters. The second kappa shape index (κ2) is 12.4. The second-order valence-corrected chi connectivity index (χ2v) is 5.54. The molecule has 1 rings (SSSR count). The summed E-state index contributed by atoms with van der Waals surface area (Å²) >= 11 is 0. The van der Waals surface area contributed by atoms with Crippen LogP contribution in [0.15, 0.2) is 18.6 Å². The lowest BCUT2D eigenvalue weighted by Crippen LogP contribution is -2.37. The van der Waals surface area contributed by atoms with E-state index < -0.39 is 0 Å². The SMILES string of the molecule is CCCCCCN(CCC(=O)NCCOC)C(=O)c1cnccn1. The van der Waals surface area contributed by atoms with Crippen LogP contribution in [0.3, 0.4) is 0 Å². The van der Waals surface area contributed by atoms with E-state index in [4.69, 9.17) is 4.74 Å². The molecule has 0 aliphatic rings. The van der Waals surface area contributed by atoms with Crippen molar-refractivity contribution in [2.75, 3.05) is 33.4 Å². The summed E-state index contributed by atoms with van der Waals surface area (Å²) in [6, 6.07) is 0. The number of nitrogens with one attached hydrogen (secondary N) is 1. The quantitative estimate of drug-likeness (QED) is 0.587. The Bertz CT molecular complexity index is 482. The van der Waals surface area contributed by atoms with Gasteiger partial charge in [-0.25, -0.2) is 4.98 Å². The van der Waals surface area contributed by atoms with Crippen LogP contribution in [-0.2, 0) is 9.53 Å². The van der Waals surface area contributed by atoms with Gasteiger partial charge in [0.05, 0.1) is 12.8 Å². The first-order chi connectivity index (χ1) is 11.7. The fourth-order valence-electron chi connectivity index (χ4n) is 2.23. The van der Waals surface area contributed by atoms with Crippen LogP contribution in [0.1, 0.15) is 49.5 Å². The summed E-state index contributed by atoms with van der Waals surface area (Å²) in [5, 5.41) is 2.76. The molecule has 0 aliphatic heterocycles. The number of unbranched alkanes of at least 4 members (excludes halogenated alkanes) is 3. The first-order valence-electron chi connectivity index (χ1n) is 8.50. The number of amides is 2. The van der Waals surface area contributed by atoms with Gasteiger partial charge in [0.2, 0.25) is 5.91 Å². The van der Waals surface area contributed by atoms with Crippen molar-refractivity contribution in [2.24, 2.45) is 0 Å². The number of aromatic nitrogens is 2. The zero-order chi connectivity index (χ0) is 17.6. The Morgan fingerprint density at radius 2 is 2.04 bits per heavy atom. The molecule has 0 aromatic carbocycles. The summed E-state index contributed by atoms with van der Waals surface area (Å²) in [5.41, 5.74) is 0.313. The van der Waals surface area contributed by atoms with E-state index in [1.165, 1.54) is 18.6 Å². The molecule has 1 aromatic heterocycles. The van der Waals surface area contributed by atoms with Crippen LogP contribution in [-0.4, -0.2) is 60.0 Å². The summed E-state index contributed by atoms with van der Waals surface area (Å²) in [5.74, 6) is -0.262. The predicted molar refractivity (Wildman–Crippen MR) is 91.6 cm³/mol. The highest BCUT2D eigenvalue weighted by atomic mass is 16.5. The lowest BCUT2D eigenvalue weighted by atomic mass is 10.2. The number of methoxy groups -OCH3 is 1. The summed E-state index contributed by atoms with van der Waals surface area (Å²) in [4.78, 5) is 34.1. The van der Waals surface area contributed by atoms with E-state index in [1.54, 1.807) is 12.0 Å². The van der Waals surface area contributed by atoms with E-state index in [1.807, 2.05) is 0 Å². The van der Waals surface area contributed by atoms with Crippen LogP contribution >= 0.6 is 0 Å². The lowest BCUT2D eigenvalue weighted by Gasteiger charge is -2.22. The molecule has 24 heavy (non-hydrogen) atoms. The highest BCUT2D eigenvalue weighted by molar-refractivity contribution is 5.92. The molecule has 1 aromatic rings. The van der Waals surface area contributed by atoms with Crippen molar-refractivity contribution in [1.82, 2.24) is 20.2 Å². The highest BCUT2D eigenvalue weighted by Crippen LogP contribution is 2.06. The molecule has 7 heteroatoms. The van der Waals surface area contributed by atoms with E-state index in [0.717, 1.165) is 25.7 Å². The van der Waals surface area contributed by atoms with Crippen LogP contribution < -0.4 is 5.32 Å². The van der Waals surface area contributed by atoms with Gasteiger partial charge in [0, 0.05) is 45.6 Å². The fraction of sp³-hybridized carbons (Fsp3) is 0.647. The maximum absolute atomic E-state index is 12.6. The Balaban J connectivity index is 2.54. The van der Waals surface area contributed by atoms with Crippen molar-refractivity contribution >= 4 is 11.8 Å². The average molecular weight is 336 g/mol. The Labute approximate surface area is 143 Å². The maximum Gasteiger partial charge on any atom is 0.274 e. The molecule has 0 radical (unpaired) electrons. The van der Waals surface area contributed by atoms with Crippen molar-refractivity contribution in [3.8, 4) is 0 Å². The zero-order valence-corrected chi connectivity index (χ0v) is 14.7. The highest BCUT2D eigenvalue weighted by Gasteiger charge is 2.17. The molecule has 0 aliphatic carbocycles. The number of hydrogen-bond donors (Lipinski definition) is 1. The van der Waals surface area contributed by atoms with E-state index in [-0.39, 0.29) is 18.2 Å². The maximum atomic E-state index is 12.6. The van der Waals surface area contributed by atoms with Gasteiger partial charge in [0.25, 0.3) is 5.91 Å². The van der Waals surface area contributed by atoms with Gasteiger partial charge in [-0.05, 0) is 6.42 Å². The minimum atomic E-state index is -0.177. The minimum absolute atomic E-state index is 0.0856. The number of carbonyl (C=O) groups is 2. The van der Waals surface area contributed by atoms with Crippen molar-refractivity contribution in [2.45, 2.75) is 39.0 Å². The van der Waals surface area contributed by atoms with E-state index in [0.29, 0.717) is 31.9 Å². The molecule has 0 bridgehead atoms. The monoisotopic (exact) mass is 336 g/mol. The normalized spacial score (nSPS) is 10.4. The standard InChI is InChI=1S/C17H28N4O3/c1-3-4-5-6-11-21(12-7-16(22)20-10-13-24-2)17(23)15-14-18-8-9-19-15/h8-9,14H,3-7,10-13H2,1-2H3,(H,20,22). The van der Waals surface area contributed by atoms with E-state index in [9.17, 15) is 9.59 Å². The van der Waals surface area contributed by atoms with Gasteiger partial charge in [-0.3, -0.25) is 14.6 Å². The Kier molecular flexibility index (Phi) is 10.4. The van der Waals surface area contributed by atoms with Gasteiger partial charge in [0.1, 0.15) is 5.69 Å². The van der Waals surface area contributed by atoms with Crippen molar-refractivity contribution < 1.29 is 14.3 Å². The molecule has 2 amide bonds. The molecule has 0 saturated heterocycles. The van der Waals surface area contributed by atoms with Crippen molar-refractivity contribution in [3.05, 3.63) is 24.3 Å². The molecule has 7 nitrogen and oxygen atoms in total. The van der Waals surface area contributed by atoms with Gasteiger partial charge >= 0.3 is 0 Å². The lowest BCUT2D eigenvalue weighted by molar-refractivity contribution is -0.121. The number of nitrogens with zero attached hydrogens (tertiary/aromatic N) is 3. The van der Waals surface area contributed by atoms with Gasteiger partial charge in [-0.15, -0.1) is 0 Å². The van der Waals surface area contributed by atoms with Gasteiger partial charge in [-0.1, -0.05) is 26.2 Å². The number of ether oxygens (including phenoxy) is 1. The molecule has 0 spiro atoms. The third-order valence-electron chi connectivity index (χ3n) is 3.59. The molecular weight excluding hydrogens is 308 g/mol. The number of hydrogen-bond acceptors (Lipinski definition) is 5. The molecule has 0 fully saturated rings. The molecule has 0 unspecified atom stereocenters. The van der Waals surface area contributed by atoms with Crippen LogP contribution in [0, 0.1) is 0 Å². The van der Waals surface area contributed by atoms with Crippen LogP contribution in [0.25, 0.3) is 0 Å². The molecule has 0 saturated carbocycles. The Hall–Kier alpha value is -2.02.